The molecule has 2 aromatic rings. The Morgan fingerprint density at radius 1 is 1.46 bits per heavy atom. The lowest BCUT2D eigenvalue weighted by atomic mass is 10.0. The molecule has 1 saturated heterocycles. The van der Waals surface area contributed by atoms with E-state index in [9.17, 15) is 14.9 Å². The summed E-state index contributed by atoms with van der Waals surface area (Å²) in [5.41, 5.74) is 0.911. The molecule has 1 aromatic heterocycles. The van der Waals surface area contributed by atoms with E-state index in [4.69, 9.17) is 11.6 Å². The molecule has 26 heavy (non-hydrogen) atoms. The van der Waals surface area contributed by atoms with Crippen LogP contribution in [0.1, 0.15) is 18.0 Å². The van der Waals surface area contributed by atoms with Gasteiger partial charge in [0.25, 0.3) is 0 Å². The fourth-order valence-corrected chi connectivity index (χ4v) is 3.14. The van der Waals surface area contributed by atoms with Crippen LogP contribution < -0.4 is 5.32 Å². The normalized spacial score (nSPS) is 16.8. The quantitative estimate of drug-likeness (QED) is 0.615. The monoisotopic (exact) mass is 399 g/mol. The van der Waals surface area contributed by atoms with Crippen molar-refractivity contribution in [3.63, 3.8) is 0 Å². The number of carbonyl (C=O) groups excluding carboxylic acids is 1. The molecular formula is C16H19Cl2N5O3. The Bertz CT molecular complexity index is 783. The molecule has 1 aliphatic heterocycles. The van der Waals surface area contributed by atoms with E-state index in [-0.39, 0.29) is 36.5 Å². The molecule has 0 spiro atoms. The second-order valence-electron chi connectivity index (χ2n) is 5.83. The number of rotatable bonds is 5. The van der Waals surface area contributed by atoms with E-state index < -0.39 is 4.92 Å². The van der Waals surface area contributed by atoms with Gasteiger partial charge in [-0.05, 0) is 17.7 Å². The van der Waals surface area contributed by atoms with Crippen LogP contribution in [0, 0.1) is 10.1 Å². The van der Waals surface area contributed by atoms with Crippen LogP contribution in [0.2, 0.25) is 5.02 Å². The third-order valence-corrected chi connectivity index (χ3v) is 4.42. The Morgan fingerprint density at radius 3 is 2.96 bits per heavy atom. The highest BCUT2D eigenvalue weighted by Gasteiger charge is 2.27. The summed E-state index contributed by atoms with van der Waals surface area (Å²) in [6, 6.07) is 7.43. The number of nitrogens with zero attached hydrogens (tertiary/aromatic N) is 4. The molecule has 0 aliphatic carbocycles. The third kappa shape index (κ3) is 4.72. The molecule has 0 radical (unpaired) electrons. The molecule has 1 fully saturated rings. The standard InChI is InChI=1S/C16H18ClN5O3.ClH/c17-13-3-1-2-12(8-13)15-10-18-5-7-21(15)16(23)4-6-20-11-14(9-19-20)22(24)25;/h1-3,8-9,11,15,18H,4-7,10H2;1H. The summed E-state index contributed by atoms with van der Waals surface area (Å²) >= 11 is 6.07. The van der Waals surface area contributed by atoms with Gasteiger partial charge in [-0.2, -0.15) is 5.10 Å². The first kappa shape index (κ1) is 20.2. The molecule has 1 N–H and O–H groups in total. The van der Waals surface area contributed by atoms with Crippen LogP contribution in [0.5, 0.6) is 0 Å². The fraction of sp³-hybridized carbons (Fsp3) is 0.375. The van der Waals surface area contributed by atoms with Crippen LogP contribution in [0.25, 0.3) is 0 Å². The van der Waals surface area contributed by atoms with Gasteiger partial charge in [-0.15, -0.1) is 12.4 Å². The molecule has 10 heteroatoms. The van der Waals surface area contributed by atoms with Gasteiger partial charge in [0, 0.05) is 37.6 Å². The maximum absolute atomic E-state index is 12.7. The molecule has 0 bridgehead atoms. The van der Waals surface area contributed by atoms with Crippen LogP contribution in [0.3, 0.4) is 0 Å². The highest BCUT2D eigenvalue weighted by Crippen LogP contribution is 2.25. The Kier molecular flexibility index (Phi) is 6.96. The van der Waals surface area contributed by atoms with Gasteiger partial charge in [0.05, 0.1) is 11.0 Å². The maximum Gasteiger partial charge on any atom is 0.306 e. The molecular weight excluding hydrogens is 381 g/mol. The molecule has 1 aliphatic rings. The van der Waals surface area contributed by atoms with Crippen molar-refractivity contribution in [1.82, 2.24) is 20.0 Å². The first-order valence-corrected chi connectivity index (χ1v) is 8.35. The number of halogens is 2. The second-order valence-corrected chi connectivity index (χ2v) is 6.27. The molecule has 8 nitrogen and oxygen atoms in total. The van der Waals surface area contributed by atoms with Gasteiger partial charge in [-0.25, -0.2) is 0 Å². The second kappa shape index (κ2) is 8.98. The van der Waals surface area contributed by atoms with Crippen molar-refractivity contribution in [2.45, 2.75) is 19.0 Å². The lowest BCUT2D eigenvalue weighted by molar-refractivity contribution is -0.385. The summed E-state index contributed by atoms with van der Waals surface area (Å²) in [5, 5.41) is 18.5. The Hall–Kier alpha value is -2.16. The number of amides is 1. The van der Waals surface area contributed by atoms with E-state index in [2.05, 4.69) is 10.4 Å². The van der Waals surface area contributed by atoms with Gasteiger partial charge in [0.15, 0.2) is 0 Å². The smallest absolute Gasteiger partial charge is 0.306 e. The summed E-state index contributed by atoms with van der Waals surface area (Å²) in [6.45, 7) is 2.31. The predicted octanol–water partition coefficient (Wildman–Crippen LogP) is 2.43. The number of hydrogen-bond acceptors (Lipinski definition) is 5. The van der Waals surface area contributed by atoms with Crippen molar-refractivity contribution in [2.24, 2.45) is 0 Å². The lowest BCUT2D eigenvalue weighted by Crippen LogP contribution is -2.48. The van der Waals surface area contributed by atoms with Gasteiger partial charge >= 0.3 is 5.69 Å². The van der Waals surface area contributed by atoms with E-state index >= 15 is 0 Å². The third-order valence-electron chi connectivity index (χ3n) is 4.18. The van der Waals surface area contributed by atoms with Gasteiger partial charge in [-0.3, -0.25) is 19.6 Å². The number of nitrogens with one attached hydrogen (secondary N) is 1. The van der Waals surface area contributed by atoms with Gasteiger partial charge in [-0.1, -0.05) is 23.7 Å². The van der Waals surface area contributed by atoms with Crippen molar-refractivity contribution in [3.05, 3.63) is 57.4 Å². The topological polar surface area (TPSA) is 93.3 Å². The van der Waals surface area contributed by atoms with E-state index in [1.165, 1.54) is 17.1 Å². The highest BCUT2D eigenvalue weighted by molar-refractivity contribution is 6.30. The van der Waals surface area contributed by atoms with Crippen LogP contribution in [0.15, 0.2) is 36.7 Å². The van der Waals surface area contributed by atoms with Gasteiger partial charge in [0.2, 0.25) is 5.91 Å². The lowest BCUT2D eigenvalue weighted by Gasteiger charge is -2.36. The van der Waals surface area contributed by atoms with Gasteiger partial charge in [0.1, 0.15) is 12.4 Å². The number of piperazine rings is 1. The first-order valence-electron chi connectivity index (χ1n) is 7.97. The number of aryl methyl sites for hydroxylation is 1. The Balaban J connectivity index is 0.00000243. The maximum atomic E-state index is 12.7. The van der Waals surface area contributed by atoms with Crippen molar-refractivity contribution in [1.29, 1.82) is 0 Å². The number of aromatic nitrogens is 2. The van der Waals surface area contributed by atoms with Crippen LogP contribution in [0.4, 0.5) is 5.69 Å². The summed E-state index contributed by atoms with van der Waals surface area (Å²) in [5.74, 6) is -0.00960. The molecule has 2 heterocycles. The molecule has 0 saturated carbocycles. The van der Waals surface area contributed by atoms with E-state index in [1.807, 2.05) is 23.1 Å². The van der Waals surface area contributed by atoms with Crippen LogP contribution in [-0.4, -0.2) is 45.1 Å². The summed E-state index contributed by atoms with van der Waals surface area (Å²) in [4.78, 5) is 24.7. The average molecular weight is 400 g/mol. The van der Waals surface area contributed by atoms with Crippen molar-refractivity contribution in [2.75, 3.05) is 19.6 Å². The zero-order chi connectivity index (χ0) is 17.8. The molecule has 1 atom stereocenters. The number of hydrogen-bond donors (Lipinski definition) is 1. The first-order chi connectivity index (χ1) is 12.0. The molecule has 140 valence electrons. The minimum atomic E-state index is -0.503. The highest BCUT2D eigenvalue weighted by atomic mass is 35.5. The van der Waals surface area contributed by atoms with Gasteiger partial charge < -0.3 is 10.2 Å². The molecule has 1 amide bonds. The molecule has 3 rings (SSSR count). The van der Waals surface area contributed by atoms with E-state index in [1.54, 1.807) is 6.07 Å². The van der Waals surface area contributed by atoms with Crippen molar-refractivity contribution < 1.29 is 9.72 Å². The zero-order valence-electron chi connectivity index (χ0n) is 13.9. The minimum absolute atomic E-state index is 0. The minimum Gasteiger partial charge on any atom is -0.333 e. The fourth-order valence-electron chi connectivity index (χ4n) is 2.94. The van der Waals surface area contributed by atoms with Crippen LogP contribution in [-0.2, 0) is 11.3 Å². The number of nitro groups is 1. The average Bonchev–Trinajstić information content (AvgIpc) is 3.09. The number of carbonyl (C=O) groups is 1. The predicted molar refractivity (Wildman–Crippen MR) is 99.5 cm³/mol. The van der Waals surface area contributed by atoms with Crippen LogP contribution >= 0.6 is 24.0 Å². The molecule has 1 aromatic carbocycles. The summed E-state index contributed by atoms with van der Waals surface area (Å²) < 4.78 is 1.42. The van der Waals surface area contributed by atoms with Crippen molar-refractivity contribution >= 4 is 35.6 Å². The number of benzene rings is 1. The zero-order valence-corrected chi connectivity index (χ0v) is 15.4. The van der Waals surface area contributed by atoms with E-state index in [0.717, 1.165) is 12.1 Å². The Morgan fingerprint density at radius 2 is 2.27 bits per heavy atom. The largest absolute Gasteiger partial charge is 0.333 e. The summed E-state index contributed by atoms with van der Waals surface area (Å²) in [6.07, 6.45) is 2.75. The van der Waals surface area contributed by atoms with Crippen molar-refractivity contribution in [3.8, 4) is 0 Å². The molecule has 1 unspecified atom stereocenters. The summed E-state index contributed by atoms with van der Waals surface area (Å²) in [7, 11) is 0. The Labute approximate surface area is 161 Å². The van der Waals surface area contributed by atoms with E-state index in [0.29, 0.717) is 24.7 Å². The SMILES string of the molecule is Cl.O=C(CCn1cc([N+](=O)[O-])cn1)N1CCNCC1c1cccc(Cl)c1.